The number of hydrogen-bond acceptors (Lipinski definition) is 4. The summed E-state index contributed by atoms with van der Waals surface area (Å²) in [6, 6.07) is 20.3. The minimum Gasteiger partial charge on any atom is -0.497 e. The van der Waals surface area contributed by atoms with E-state index in [0.29, 0.717) is 28.6 Å². The van der Waals surface area contributed by atoms with Crippen molar-refractivity contribution in [3.8, 4) is 5.75 Å². The fourth-order valence-corrected chi connectivity index (χ4v) is 4.23. The number of hydrogen-bond donors (Lipinski definition) is 1. The van der Waals surface area contributed by atoms with E-state index in [4.69, 9.17) is 4.74 Å². The van der Waals surface area contributed by atoms with Crippen molar-refractivity contribution in [1.82, 2.24) is 0 Å². The Bertz CT molecular complexity index is 1150. The lowest BCUT2D eigenvalue weighted by atomic mass is 10.0. The highest BCUT2D eigenvalue weighted by Crippen LogP contribution is 2.25. The molecule has 3 rings (SSSR count). The van der Waals surface area contributed by atoms with E-state index >= 15 is 0 Å². The summed E-state index contributed by atoms with van der Waals surface area (Å²) in [6.45, 7) is 4.21. The van der Waals surface area contributed by atoms with E-state index in [1.54, 1.807) is 36.4 Å². The molecule has 0 saturated heterocycles. The molecule has 0 fully saturated rings. The van der Waals surface area contributed by atoms with Crippen LogP contribution in [0, 0.1) is 0 Å². The van der Waals surface area contributed by atoms with Crippen LogP contribution >= 0.6 is 0 Å². The van der Waals surface area contributed by atoms with Crippen molar-refractivity contribution >= 4 is 27.3 Å². The van der Waals surface area contributed by atoms with Crippen LogP contribution in [0.25, 0.3) is 0 Å². The molecule has 0 heterocycles. The zero-order valence-corrected chi connectivity index (χ0v) is 18.8. The van der Waals surface area contributed by atoms with Gasteiger partial charge in [-0.25, -0.2) is 8.42 Å². The Morgan fingerprint density at radius 3 is 2.19 bits per heavy atom. The molecule has 0 bridgehead atoms. The Labute approximate surface area is 183 Å². The number of nitrogens with zero attached hydrogens (tertiary/aromatic N) is 1. The normalized spacial score (nSPS) is 11.3. The smallest absolute Gasteiger partial charge is 0.264 e. The molecule has 3 aromatic rings. The standard InChI is InChI=1S/C24H26N2O4S/c1-17(2)18-8-10-20(11-9-18)25-24(27)19-6-5-7-21(16-19)26(3)31(28,29)23-14-12-22(30-4)13-15-23/h5-17H,1-4H3,(H,25,27). The predicted octanol–water partition coefficient (Wildman–Crippen LogP) is 4.90. The van der Waals surface area contributed by atoms with Crippen molar-refractivity contribution in [1.29, 1.82) is 0 Å². The van der Waals surface area contributed by atoms with E-state index in [0.717, 1.165) is 4.31 Å². The number of carbonyl (C=O) groups excluding carboxylic acids is 1. The average Bonchev–Trinajstić information content (AvgIpc) is 2.79. The van der Waals surface area contributed by atoms with Gasteiger partial charge in [0.2, 0.25) is 0 Å². The van der Waals surface area contributed by atoms with Crippen LogP contribution < -0.4 is 14.4 Å². The Morgan fingerprint density at radius 2 is 1.61 bits per heavy atom. The third-order valence-corrected chi connectivity index (χ3v) is 6.82. The van der Waals surface area contributed by atoms with Crippen LogP contribution in [-0.4, -0.2) is 28.5 Å². The van der Waals surface area contributed by atoms with Gasteiger partial charge in [-0.3, -0.25) is 9.10 Å². The molecule has 0 aliphatic carbocycles. The van der Waals surface area contributed by atoms with E-state index in [-0.39, 0.29) is 10.8 Å². The lowest BCUT2D eigenvalue weighted by molar-refractivity contribution is 0.102. The van der Waals surface area contributed by atoms with Gasteiger partial charge in [0.15, 0.2) is 0 Å². The molecule has 0 unspecified atom stereocenters. The molecule has 3 aromatic carbocycles. The van der Waals surface area contributed by atoms with Crippen molar-refractivity contribution in [3.63, 3.8) is 0 Å². The minimum atomic E-state index is -3.79. The summed E-state index contributed by atoms with van der Waals surface area (Å²) >= 11 is 0. The molecule has 0 spiro atoms. The molecule has 6 nitrogen and oxygen atoms in total. The zero-order valence-electron chi connectivity index (χ0n) is 18.0. The number of benzene rings is 3. The number of rotatable bonds is 7. The third kappa shape index (κ3) is 5.06. The van der Waals surface area contributed by atoms with Crippen molar-refractivity contribution in [2.45, 2.75) is 24.7 Å². The molecule has 0 atom stereocenters. The SMILES string of the molecule is COc1ccc(S(=O)(=O)N(C)c2cccc(C(=O)Nc3ccc(C(C)C)cc3)c2)cc1. The number of nitrogens with one attached hydrogen (secondary N) is 1. The van der Waals surface area contributed by atoms with Crippen LogP contribution in [0.1, 0.15) is 35.7 Å². The van der Waals surface area contributed by atoms with Crippen molar-refractivity contribution < 1.29 is 17.9 Å². The molecule has 0 aliphatic rings. The van der Waals surface area contributed by atoms with Gasteiger partial charge in [-0.15, -0.1) is 0 Å². The van der Waals surface area contributed by atoms with E-state index in [9.17, 15) is 13.2 Å². The highest BCUT2D eigenvalue weighted by molar-refractivity contribution is 7.92. The lowest BCUT2D eigenvalue weighted by Gasteiger charge is -2.20. The van der Waals surface area contributed by atoms with E-state index in [2.05, 4.69) is 19.2 Å². The van der Waals surface area contributed by atoms with Crippen molar-refractivity contribution in [3.05, 3.63) is 83.9 Å². The molecule has 7 heteroatoms. The Hall–Kier alpha value is -3.32. The summed E-state index contributed by atoms with van der Waals surface area (Å²) in [5, 5.41) is 2.85. The first-order chi connectivity index (χ1) is 14.7. The van der Waals surface area contributed by atoms with Gasteiger partial charge in [0.25, 0.3) is 15.9 Å². The highest BCUT2D eigenvalue weighted by Gasteiger charge is 2.22. The molecule has 0 saturated carbocycles. The van der Waals surface area contributed by atoms with E-state index in [1.165, 1.54) is 31.9 Å². The fraction of sp³-hybridized carbons (Fsp3) is 0.208. The molecule has 0 radical (unpaired) electrons. The quantitative estimate of drug-likeness (QED) is 0.569. The number of sulfonamides is 1. The lowest BCUT2D eigenvalue weighted by Crippen LogP contribution is -2.26. The topological polar surface area (TPSA) is 75.7 Å². The van der Waals surface area contributed by atoms with Crippen LogP contribution in [0.15, 0.2) is 77.7 Å². The van der Waals surface area contributed by atoms with Crippen LogP contribution in [0.3, 0.4) is 0 Å². The molecular weight excluding hydrogens is 412 g/mol. The summed E-state index contributed by atoms with van der Waals surface area (Å²) in [4.78, 5) is 12.8. The summed E-state index contributed by atoms with van der Waals surface area (Å²) in [7, 11) is -0.807. The van der Waals surface area contributed by atoms with Gasteiger partial charge in [-0.05, 0) is 66.1 Å². The maximum absolute atomic E-state index is 13.0. The van der Waals surface area contributed by atoms with Gasteiger partial charge in [0.1, 0.15) is 5.75 Å². The first-order valence-corrected chi connectivity index (χ1v) is 11.3. The van der Waals surface area contributed by atoms with Gasteiger partial charge < -0.3 is 10.1 Å². The number of carbonyl (C=O) groups is 1. The van der Waals surface area contributed by atoms with Gasteiger partial charge in [0, 0.05) is 18.3 Å². The van der Waals surface area contributed by atoms with E-state index < -0.39 is 10.0 Å². The van der Waals surface area contributed by atoms with E-state index in [1.807, 2.05) is 24.3 Å². The summed E-state index contributed by atoms with van der Waals surface area (Å²) in [5.74, 6) is 0.667. The summed E-state index contributed by atoms with van der Waals surface area (Å²) < 4.78 is 32.2. The Morgan fingerprint density at radius 1 is 0.968 bits per heavy atom. The second-order valence-corrected chi connectivity index (χ2v) is 9.40. The molecule has 162 valence electrons. The third-order valence-electron chi connectivity index (χ3n) is 5.03. The Kier molecular flexibility index (Phi) is 6.65. The molecule has 0 aromatic heterocycles. The highest BCUT2D eigenvalue weighted by atomic mass is 32.2. The average molecular weight is 439 g/mol. The minimum absolute atomic E-state index is 0.135. The first kappa shape index (κ1) is 22.4. The zero-order chi connectivity index (χ0) is 22.6. The van der Waals surface area contributed by atoms with Gasteiger partial charge in [0.05, 0.1) is 17.7 Å². The van der Waals surface area contributed by atoms with Crippen LogP contribution in [0.2, 0.25) is 0 Å². The number of ether oxygens (including phenoxy) is 1. The second kappa shape index (κ2) is 9.22. The maximum atomic E-state index is 13.0. The van der Waals surface area contributed by atoms with Crippen molar-refractivity contribution in [2.75, 3.05) is 23.8 Å². The number of amides is 1. The molecule has 1 N–H and O–H groups in total. The predicted molar refractivity (Wildman–Crippen MR) is 124 cm³/mol. The molecule has 1 amide bonds. The van der Waals surface area contributed by atoms with Gasteiger partial charge in [-0.1, -0.05) is 32.0 Å². The number of methoxy groups -OCH3 is 1. The summed E-state index contributed by atoms with van der Waals surface area (Å²) in [6.07, 6.45) is 0. The molecule has 0 aliphatic heterocycles. The van der Waals surface area contributed by atoms with Crippen molar-refractivity contribution in [2.24, 2.45) is 0 Å². The molecular formula is C24H26N2O4S. The summed E-state index contributed by atoms with van der Waals surface area (Å²) in [5.41, 5.74) is 2.62. The first-order valence-electron chi connectivity index (χ1n) is 9.86. The van der Waals surface area contributed by atoms with Gasteiger partial charge >= 0.3 is 0 Å². The van der Waals surface area contributed by atoms with Crippen LogP contribution in [0.5, 0.6) is 5.75 Å². The van der Waals surface area contributed by atoms with Crippen LogP contribution in [-0.2, 0) is 10.0 Å². The number of anilines is 2. The van der Waals surface area contributed by atoms with Crippen LogP contribution in [0.4, 0.5) is 11.4 Å². The maximum Gasteiger partial charge on any atom is 0.264 e. The largest absolute Gasteiger partial charge is 0.497 e. The fourth-order valence-electron chi connectivity index (χ4n) is 3.04. The monoisotopic (exact) mass is 438 g/mol. The van der Waals surface area contributed by atoms with Gasteiger partial charge in [-0.2, -0.15) is 0 Å². The Balaban J connectivity index is 1.80. The second-order valence-electron chi connectivity index (χ2n) is 7.43. The molecule has 31 heavy (non-hydrogen) atoms.